The molecule has 1 amide bonds. The van der Waals surface area contributed by atoms with Crippen molar-refractivity contribution >= 4 is 23.6 Å². The molecule has 2 N–H and O–H groups in total. The number of anilines is 1. The van der Waals surface area contributed by atoms with Crippen molar-refractivity contribution in [3.8, 4) is 0 Å². The van der Waals surface area contributed by atoms with Gasteiger partial charge in [-0.05, 0) is 25.5 Å². The zero-order chi connectivity index (χ0) is 10.0. The van der Waals surface area contributed by atoms with Gasteiger partial charge in [-0.15, -0.1) is 11.8 Å². The molecule has 2 heterocycles. The lowest BCUT2D eigenvalue weighted by atomic mass is 10.1. The number of amides is 1. The summed E-state index contributed by atoms with van der Waals surface area (Å²) in [6.45, 7) is 1.99. The molecule has 1 aromatic heterocycles. The fourth-order valence-corrected chi connectivity index (χ4v) is 2.74. The van der Waals surface area contributed by atoms with Gasteiger partial charge in [0.05, 0.1) is 4.75 Å². The number of nitrogens with zero attached hydrogens (tertiary/aromatic N) is 1. The number of aromatic nitrogens is 2. The van der Waals surface area contributed by atoms with E-state index in [1.165, 1.54) is 0 Å². The summed E-state index contributed by atoms with van der Waals surface area (Å²) in [6, 6.07) is 0. The molecule has 1 fully saturated rings. The number of rotatable bonds is 2. The Morgan fingerprint density at radius 2 is 2.64 bits per heavy atom. The third-order valence-corrected chi connectivity index (χ3v) is 3.95. The SMILES string of the molecule is CC1(C(=O)Nc2ncc[nH]2)CCCS1. The van der Waals surface area contributed by atoms with Crippen LogP contribution >= 0.6 is 11.8 Å². The number of aromatic amines is 1. The normalized spacial score (nSPS) is 26.4. The second-order valence-electron chi connectivity index (χ2n) is 3.57. The van der Waals surface area contributed by atoms with Gasteiger partial charge < -0.3 is 4.98 Å². The van der Waals surface area contributed by atoms with E-state index >= 15 is 0 Å². The number of thioether (sulfide) groups is 1. The second-order valence-corrected chi connectivity index (χ2v) is 5.17. The summed E-state index contributed by atoms with van der Waals surface area (Å²) in [5, 5.41) is 2.78. The van der Waals surface area contributed by atoms with Gasteiger partial charge in [-0.2, -0.15) is 0 Å². The van der Waals surface area contributed by atoms with Crippen molar-refractivity contribution in [3.63, 3.8) is 0 Å². The molecule has 0 spiro atoms. The van der Waals surface area contributed by atoms with Crippen LogP contribution in [0.5, 0.6) is 0 Å². The minimum atomic E-state index is -0.271. The highest BCUT2D eigenvalue weighted by Crippen LogP contribution is 2.38. The van der Waals surface area contributed by atoms with Gasteiger partial charge in [0.1, 0.15) is 0 Å². The molecular weight excluding hydrogens is 198 g/mol. The average Bonchev–Trinajstić information content (AvgIpc) is 2.76. The molecule has 1 unspecified atom stereocenters. The summed E-state index contributed by atoms with van der Waals surface area (Å²) in [4.78, 5) is 18.7. The Bertz CT molecular complexity index is 317. The van der Waals surface area contributed by atoms with Gasteiger partial charge >= 0.3 is 0 Å². The highest BCUT2D eigenvalue weighted by Gasteiger charge is 2.37. The van der Waals surface area contributed by atoms with Gasteiger partial charge in [-0.1, -0.05) is 0 Å². The van der Waals surface area contributed by atoms with Crippen molar-refractivity contribution in [2.45, 2.75) is 24.5 Å². The highest BCUT2D eigenvalue weighted by atomic mass is 32.2. The lowest BCUT2D eigenvalue weighted by Crippen LogP contribution is -2.34. The quantitative estimate of drug-likeness (QED) is 0.781. The predicted molar refractivity (Wildman–Crippen MR) is 57.3 cm³/mol. The summed E-state index contributed by atoms with van der Waals surface area (Å²) < 4.78 is -0.271. The fraction of sp³-hybridized carbons (Fsp3) is 0.556. The summed E-state index contributed by atoms with van der Waals surface area (Å²) >= 11 is 1.72. The van der Waals surface area contributed by atoms with Crippen LogP contribution in [0.2, 0.25) is 0 Å². The van der Waals surface area contributed by atoms with E-state index in [4.69, 9.17) is 0 Å². The molecule has 76 valence electrons. The molecule has 5 heteroatoms. The minimum absolute atomic E-state index is 0.0509. The molecule has 1 aromatic rings. The van der Waals surface area contributed by atoms with Crippen molar-refractivity contribution in [3.05, 3.63) is 12.4 Å². The molecule has 4 nitrogen and oxygen atoms in total. The number of imidazole rings is 1. The molecule has 14 heavy (non-hydrogen) atoms. The summed E-state index contributed by atoms with van der Waals surface area (Å²) in [5.74, 6) is 1.65. The first-order valence-corrected chi connectivity index (χ1v) is 5.64. The van der Waals surface area contributed by atoms with E-state index in [2.05, 4.69) is 15.3 Å². The van der Waals surface area contributed by atoms with Crippen LogP contribution in [0.25, 0.3) is 0 Å². The van der Waals surface area contributed by atoms with E-state index in [0.29, 0.717) is 5.95 Å². The number of hydrogen-bond acceptors (Lipinski definition) is 3. The lowest BCUT2D eigenvalue weighted by molar-refractivity contribution is -0.118. The van der Waals surface area contributed by atoms with Crippen molar-refractivity contribution in [2.24, 2.45) is 0 Å². The van der Waals surface area contributed by atoms with E-state index in [9.17, 15) is 4.79 Å². The maximum absolute atomic E-state index is 11.8. The topological polar surface area (TPSA) is 57.8 Å². The van der Waals surface area contributed by atoms with Crippen LogP contribution in [0.1, 0.15) is 19.8 Å². The molecule has 1 aliphatic rings. The molecular formula is C9H13N3OS. The van der Waals surface area contributed by atoms with Crippen LogP contribution in [-0.4, -0.2) is 26.4 Å². The van der Waals surface area contributed by atoms with Crippen LogP contribution in [0.3, 0.4) is 0 Å². The largest absolute Gasteiger partial charge is 0.331 e. The van der Waals surface area contributed by atoms with Crippen molar-refractivity contribution in [2.75, 3.05) is 11.1 Å². The molecule has 0 radical (unpaired) electrons. The molecule has 0 aliphatic carbocycles. The van der Waals surface area contributed by atoms with E-state index in [1.807, 2.05) is 6.92 Å². The van der Waals surface area contributed by atoms with Crippen LogP contribution in [-0.2, 0) is 4.79 Å². The maximum Gasteiger partial charge on any atom is 0.242 e. The molecule has 1 atom stereocenters. The number of nitrogens with one attached hydrogen (secondary N) is 2. The standard InChI is InChI=1S/C9H13N3OS/c1-9(3-2-6-14-9)7(13)12-8-10-4-5-11-8/h4-5H,2-3,6H2,1H3,(H2,10,11,12,13). The molecule has 0 aromatic carbocycles. The number of carbonyl (C=O) groups is 1. The van der Waals surface area contributed by atoms with Gasteiger partial charge in [0.15, 0.2) is 0 Å². The zero-order valence-corrected chi connectivity index (χ0v) is 8.86. The monoisotopic (exact) mass is 211 g/mol. The van der Waals surface area contributed by atoms with E-state index < -0.39 is 0 Å². The Balaban J connectivity index is 2.02. The first-order valence-electron chi connectivity index (χ1n) is 4.65. The Morgan fingerprint density at radius 3 is 3.21 bits per heavy atom. The number of carbonyl (C=O) groups excluding carboxylic acids is 1. The Hall–Kier alpha value is -0.970. The third-order valence-electron chi connectivity index (χ3n) is 2.43. The van der Waals surface area contributed by atoms with Crippen molar-refractivity contribution < 1.29 is 4.79 Å². The van der Waals surface area contributed by atoms with Crippen molar-refractivity contribution in [1.29, 1.82) is 0 Å². The Kier molecular flexibility index (Phi) is 2.50. The van der Waals surface area contributed by atoms with Gasteiger partial charge in [0, 0.05) is 12.4 Å². The van der Waals surface area contributed by atoms with Gasteiger partial charge in [0.2, 0.25) is 11.9 Å². The summed E-state index contributed by atoms with van der Waals surface area (Å²) in [6.07, 6.45) is 5.39. The van der Waals surface area contributed by atoms with Crippen molar-refractivity contribution in [1.82, 2.24) is 9.97 Å². The average molecular weight is 211 g/mol. The van der Waals surface area contributed by atoms with Crippen LogP contribution in [0.15, 0.2) is 12.4 Å². The maximum atomic E-state index is 11.8. The van der Waals surface area contributed by atoms with E-state index in [0.717, 1.165) is 18.6 Å². The van der Waals surface area contributed by atoms with Gasteiger partial charge in [-0.25, -0.2) is 4.98 Å². The lowest BCUT2D eigenvalue weighted by Gasteiger charge is -2.20. The Labute approximate surface area is 86.9 Å². The van der Waals surface area contributed by atoms with E-state index in [1.54, 1.807) is 24.2 Å². The number of hydrogen-bond donors (Lipinski definition) is 2. The van der Waals surface area contributed by atoms with Gasteiger partial charge in [-0.3, -0.25) is 10.1 Å². The first kappa shape index (κ1) is 9.58. The molecule has 0 saturated carbocycles. The van der Waals surface area contributed by atoms with Gasteiger partial charge in [0.25, 0.3) is 0 Å². The predicted octanol–water partition coefficient (Wildman–Crippen LogP) is 1.63. The zero-order valence-electron chi connectivity index (χ0n) is 8.04. The Morgan fingerprint density at radius 1 is 1.79 bits per heavy atom. The van der Waals surface area contributed by atoms with E-state index in [-0.39, 0.29) is 10.7 Å². The fourth-order valence-electron chi connectivity index (χ4n) is 1.53. The summed E-state index contributed by atoms with van der Waals surface area (Å²) in [7, 11) is 0. The summed E-state index contributed by atoms with van der Waals surface area (Å²) in [5.41, 5.74) is 0. The molecule has 0 bridgehead atoms. The molecule has 2 rings (SSSR count). The number of H-pyrrole nitrogens is 1. The van der Waals surface area contributed by atoms with Crippen LogP contribution < -0.4 is 5.32 Å². The molecule has 1 saturated heterocycles. The third kappa shape index (κ3) is 1.77. The van der Waals surface area contributed by atoms with Crippen LogP contribution in [0.4, 0.5) is 5.95 Å². The highest BCUT2D eigenvalue weighted by molar-refractivity contribution is 8.01. The molecule has 1 aliphatic heterocycles. The van der Waals surface area contributed by atoms with Crippen LogP contribution in [0, 0.1) is 0 Å². The second kappa shape index (κ2) is 3.65. The first-order chi connectivity index (χ1) is 6.71. The smallest absolute Gasteiger partial charge is 0.242 e. The minimum Gasteiger partial charge on any atom is -0.331 e.